The SMILES string of the molecule is Cc1ccc(-c2nc(NC(=O)CN3CCC(N4CCCC4)CC3)cc(-c3nccs3)n2)o1. The highest BCUT2D eigenvalue weighted by Gasteiger charge is 2.27. The lowest BCUT2D eigenvalue weighted by molar-refractivity contribution is -0.117. The second-order valence-corrected chi connectivity index (χ2v) is 9.40. The quantitative estimate of drug-likeness (QED) is 0.611. The van der Waals surface area contributed by atoms with E-state index in [2.05, 4.69) is 30.1 Å². The number of furan rings is 1. The molecule has 9 heteroatoms. The molecule has 5 rings (SSSR count). The van der Waals surface area contributed by atoms with Crippen LogP contribution >= 0.6 is 11.3 Å². The fraction of sp³-hybridized carbons (Fsp3) is 0.478. The highest BCUT2D eigenvalue weighted by Crippen LogP contribution is 2.27. The lowest BCUT2D eigenvalue weighted by Crippen LogP contribution is -2.45. The third kappa shape index (κ3) is 4.90. The molecule has 168 valence electrons. The summed E-state index contributed by atoms with van der Waals surface area (Å²) in [5, 5.41) is 5.64. The fourth-order valence-corrected chi connectivity index (χ4v) is 5.17. The summed E-state index contributed by atoms with van der Waals surface area (Å²) in [7, 11) is 0. The first-order chi connectivity index (χ1) is 15.6. The monoisotopic (exact) mass is 452 g/mol. The van der Waals surface area contributed by atoms with Gasteiger partial charge in [-0.05, 0) is 57.8 Å². The molecule has 0 unspecified atom stereocenters. The number of aryl methyl sites for hydroxylation is 1. The van der Waals surface area contributed by atoms with Crippen LogP contribution in [-0.2, 0) is 4.79 Å². The number of aromatic nitrogens is 3. The average Bonchev–Trinajstić information content (AvgIpc) is 3.57. The van der Waals surface area contributed by atoms with Crippen LogP contribution in [0, 0.1) is 6.92 Å². The Balaban J connectivity index is 1.26. The van der Waals surface area contributed by atoms with Gasteiger partial charge in [-0.2, -0.15) is 0 Å². The average molecular weight is 453 g/mol. The molecule has 0 bridgehead atoms. The summed E-state index contributed by atoms with van der Waals surface area (Å²) in [6.45, 7) is 6.64. The van der Waals surface area contributed by atoms with Crippen molar-refractivity contribution < 1.29 is 9.21 Å². The number of nitrogens with one attached hydrogen (secondary N) is 1. The number of carbonyl (C=O) groups is 1. The minimum absolute atomic E-state index is 0.0602. The van der Waals surface area contributed by atoms with Crippen LogP contribution in [0.25, 0.3) is 22.3 Å². The van der Waals surface area contributed by atoms with Crippen LogP contribution in [0.5, 0.6) is 0 Å². The number of nitrogens with zero attached hydrogens (tertiary/aromatic N) is 5. The van der Waals surface area contributed by atoms with E-state index in [1.54, 1.807) is 12.3 Å². The summed E-state index contributed by atoms with van der Waals surface area (Å²) in [6, 6.07) is 6.17. The predicted octanol–water partition coefficient (Wildman–Crippen LogP) is 3.67. The zero-order valence-electron chi connectivity index (χ0n) is 18.3. The molecule has 3 aromatic heterocycles. The Labute approximate surface area is 191 Å². The normalized spacial score (nSPS) is 18.3. The highest BCUT2D eigenvalue weighted by atomic mass is 32.1. The van der Waals surface area contributed by atoms with E-state index < -0.39 is 0 Å². The van der Waals surface area contributed by atoms with Crippen LogP contribution in [0.15, 0.2) is 34.2 Å². The maximum atomic E-state index is 12.8. The molecule has 2 saturated heterocycles. The van der Waals surface area contributed by atoms with Gasteiger partial charge in [-0.3, -0.25) is 9.69 Å². The third-order valence-corrected chi connectivity index (χ3v) is 6.98. The number of piperidine rings is 1. The van der Waals surface area contributed by atoms with E-state index in [1.807, 2.05) is 24.4 Å². The summed E-state index contributed by atoms with van der Waals surface area (Å²) < 4.78 is 5.71. The van der Waals surface area contributed by atoms with Crippen LogP contribution in [0.3, 0.4) is 0 Å². The summed E-state index contributed by atoms with van der Waals surface area (Å²) >= 11 is 1.49. The molecule has 3 aromatic rings. The Morgan fingerprint density at radius 3 is 2.69 bits per heavy atom. The molecule has 0 radical (unpaired) electrons. The molecule has 0 aromatic carbocycles. The van der Waals surface area contributed by atoms with Gasteiger partial charge in [0.2, 0.25) is 5.91 Å². The predicted molar refractivity (Wildman–Crippen MR) is 124 cm³/mol. The first-order valence-corrected chi connectivity index (χ1v) is 12.1. The Bertz CT molecular complexity index is 1050. The zero-order chi connectivity index (χ0) is 21.9. The number of amides is 1. The van der Waals surface area contributed by atoms with E-state index in [4.69, 9.17) is 4.42 Å². The molecule has 2 aliphatic heterocycles. The molecule has 8 nitrogen and oxygen atoms in total. The van der Waals surface area contributed by atoms with E-state index in [0.29, 0.717) is 35.7 Å². The van der Waals surface area contributed by atoms with Crippen molar-refractivity contribution in [2.75, 3.05) is 38.0 Å². The van der Waals surface area contributed by atoms with Gasteiger partial charge in [0, 0.05) is 36.8 Å². The Hall–Kier alpha value is -2.62. The van der Waals surface area contributed by atoms with Gasteiger partial charge in [0.05, 0.1) is 6.54 Å². The van der Waals surface area contributed by atoms with Crippen molar-refractivity contribution in [1.29, 1.82) is 0 Å². The number of likely N-dealkylation sites (tertiary alicyclic amines) is 2. The summed E-state index contributed by atoms with van der Waals surface area (Å²) in [5.74, 6) is 2.19. The third-order valence-electron chi connectivity index (χ3n) is 6.19. The van der Waals surface area contributed by atoms with E-state index in [-0.39, 0.29) is 5.91 Å². The topological polar surface area (TPSA) is 87.4 Å². The van der Waals surface area contributed by atoms with Crippen LogP contribution in [0.4, 0.5) is 5.82 Å². The van der Waals surface area contributed by atoms with Gasteiger partial charge in [-0.15, -0.1) is 11.3 Å². The van der Waals surface area contributed by atoms with Crippen molar-refractivity contribution in [2.45, 2.75) is 38.6 Å². The standard InChI is InChI=1S/C23H28N6O2S/c1-16-4-5-19(31-16)22-25-18(23-24-8-13-32-23)14-20(27-22)26-21(30)15-28-11-6-17(7-12-28)29-9-2-3-10-29/h4-5,8,13-14,17H,2-3,6-7,9-12,15H2,1H3,(H,25,26,27,30). The Kier molecular flexibility index (Phi) is 6.29. The van der Waals surface area contributed by atoms with Gasteiger partial charge in [0.1, 0.15) is 22.3 Å². The summed E-state index contributed by atoms with van der Waals surface area (Å²) in [6.07, 6.45) is 6.66. The van der Waals surface area contributed by atoms with Gasteiger partial charge < -0.3 is 14.6 Å². The maximum absolute atomic E-state index is 12.8. The van der Waals surface area contributed by atoms with Gasteiger partial charge in [-0.25, -0.2) is 15.0 Å². The van der Waals surface area contributed by atoms with E-state index in [9.17, 15) is 4.79 Å². The molecule has 0 spiro atoms. The van der Waals surface area contributed by atoms with Gasteiger partial charge in [0.25, 0.3) is 0 Å². The van der Waals surface area contributed by atoms with Gasteiger partial charge in [-0.1, -0.05) is 0 Å². The first-order valence-electron chi connectivity index (χ1n) is 11.3. The molecule has 2 fully saturated rings. The van der Waals surface area contributed by atoms with Crippen LogP contribution in [-0.4, -0.2) is 69.4 Å². The molecule has 2 aliphatic rings. The first kappa shape index (κ1) is 21.2. The fourth-order valence-electron chi connectivity index (χ4n) is 4.57. The van der Waals surface area contributed by atoms with Crippen LogP contribution < -0.4 is 5.32 Å². The van der Waals surface area contributed by atoms with Crippen molar-refractivity contribution in [3.63, 3.8) is 0 Å². The molecule has 0 atom stereocenters. The zero-order valence-corrected chi connectivity index (χ0v) is 19.1. The number of carbonyl (C=O) groups excluding carboxylic acids is 1. The van der Waals surface area contributed by atoms with E-state index in [1.165, 1.54) is 37.3 Å². The number of thiazole rings is 1. The minimum atomic E-state index is -0.0602. The molecule has 5 heterocycles. The molecule has 1 amide bonds. The molecule has 1 N–H and O–H groups in total. The molecular weight excluding hydrogens is 424 g/mol. The van der Waals surface area contributed by atoms with Crippen molar-refractivity contribution in [1.82, 2.24) is 24.8 Å². The van der Waals surface area contributed by atoms with Gasteiger partial charge >= 0.3 is 0 Å². The van der Waals surface area contributed by atoms with Crippen molar-refractivity contribution in [3.8, 4) is 22.3 Å². The number of hydrogen-bond acceptors (Lipinski definition) is 8. The number of anilines is 1. The smallest absolute Gasteiger partial charge is 0.239 e. The van der Waals surface area contributed by atoms with E-state index in [0.717, 1.165) is 36.7 Å². The molecule has 0 aliphatic carbocycles. The van der Waals surface area contributed by atoms with Crippen LogP contribution in [0.1, 0.15) is 31.4 Å². The number of rotatable bonds is 6. The second kappa shape index (κ2) is 9.48. The molecular formula is C23H28N6O2S. The maximum Gasteiger partial charge on any atom is 0.239 e. The Morgan fingerprint density at radius 2 is 2.00 bits per heavy atom. The van der Waals surface area contributed by atoms with Crippen molar-refractivity contribution >= 4 is 23.1 Å². The summed E-state index contributed by atoms with van der Waals surface area (Å²) in [5.41, 5.74) is 0.667. The Morgan fingerprint density at radius 1 is 1.19 bits per heavy atom. The van der Waals surface area contributed by atoms with Crippen LogP contribution in [0.2, 0.25) is 0 Å². The van der Waals surface area contributed by atoms with E-state index >= 15 is 0 Å². The van der Waals surface area contributed by atoms with Gasteiger partial charge in [0.15, 0.2) is 11.6 Å². The lowest BCUT2D eigenvalue weighted by Gasteiger charge is -2.36. The van der Waals surface area contributed by atoms with Crippen molar-refractivity contribution in [2.24, 2.45) is 0 Å². The molecule has 0 saturated carbocycles. The van der Waals surface area contributed by atoms with Crippen molar-refractivity contribution in [3.05, 3.63) is 35.5 Å². The molecule has 32 heavy (non-hydrogen) atoms. The number of hydrogen-bond donors (Lipinski definition) is 1. The lowest BCUT2D eigenvalue weighted by atomic mass is 10.0. The second-order valence-electron chi connectivity index (χ2n) is 8.51. The summed E-state index contributed by atoms with van der Waals surface area (Å²) in [4.78, 5) is 31.2. The highest BCUT2D eigenvalue weighted by molar-refractivity contribution is 7.13. The minimum Gasteiger partial charge on any atom is -0.458 e. The largest absolute Gasteiger partial charge is 0.458 e.